The number of carboxylic acids is 2. The van der Waals surface area contributed by atoms with Gasteiger partial charge in [0.2, 0.25) is 0 Å². The van der Waals surface area contributed by atoms with Crippen molar-refractivity contribution in [3.63, 3.8) is 0 Å². The van der Waals surface area contributed by atoms with Gasteiger partial charge in [-0.05, 0) is 60.9 Å². The maximum absolute atomic E-state index is 13.8. The van der Waals surface area contributed by atoms with E-state index >= 15 is 0 Å². The molecule has 1 saturated heterocycles. The number of rotatable bonds is 8. The van der Waals surface area contributed by atoms with Gasteiger partial charge in [0.25, 0.3) is 0 Å². The average Bonchev–Trinajstić information content (AvgIpc) is 2.80. The third-order valence-corrected chi connectivity index (χ3v) is 6.74. The lowest BCUT2D eigenvalue weighted by Gasteiger charge is -2.40. The molecule has 2 bridgehead atoms. The van der Waals surface area contributed by atoms with E-state index in [0.29, 0.717) is 25.7 Å². The molecule has 0 amide bonds. The Balaban J connectivity index is 1.42. The van der Waals surface area contributed by atoms with E-state index in [9.17, 15) is 28.6 Å². The fraction of sp³-hybridized carbons (Fsp3) is 0.360. The Labute approximate surface area is 200 Å². The molecular formula is C25H24ClF2NO5. The predicted molar refractivity (Wildman–Crippen MR) is 122 cm³/mol. The van der Waals surface area contributed by atoms with Gasteiger partial charge < -0.3 is 20.3 Å². The summed E-state index contributed by atoms with van der Waals surface area (Å²) in [6.45, 7) is 0.149. The van der Waals surface area contributed by atoms with E-state index < -0.39 is 35.5 Å². The number of aliphatic carboxylic acids is 2. The molecule has 2 aromatic rings. The van der Waals surface area contributed by atoms with E-state index in [1.165, 1.54) is 0 Å². The van der Waals surface area contributed by atoms with Crippen LogP contribution in [-0.2, 0) is 16.0 Å². The van der Waals surface area contributed by atoms with Crippen LogP contribution in [0.1, 0.15) is 36.8 Å². The molecule has 9 heteroatoms. The lowest BCUT2D eigenvalue weighted by atomic mass is 9.75. The Kier molecular flexibility index (Phi) is 7.19. The van der Waals surface area contributed by atoms with Crippen LogP contribution in [0.2, 0.25) is 5.02 Å². The molecule has 0 radical (unpaired) electrons. The Morgan fingerprint density at radius 1 is 1.06 bits per heavy atom. The standard InChI is InChI=1S/C25H24ClF2NO5/c26-22-18(27)7-8-19(28)23(22)34-9-1-2-13-3-5-14(6-4-13)17-12-16-10-15(24(30)31)11-20(29-16)21(17)25(32)33/h3-8,15-16,20,29H,1-2,9-12H2,(H,30,31)(H,32,33)/t15-,16+,20-/m1/s1. The Hall–Kier alpha value is -2.97. The third kappa shape index (κ3) is 5.08. The highest BCUT2D eigenvalue weighted by molar-refractivity contribution is 6.32. The number of halogens is 3. The summed E-state index contributed by atoms with van der Waals surface area (Å²) in [5, 5.41) is 22.1. The number of nitrogens with one attached hydrogen (secondary N) is 1. The van der Waals surface area contributed by atoms with Crippen molar-refractivity contribution in [1.29, 1.82) is 0 Å². The first-order valence-corrected chi connectivity index (χ1v) is 11.4. The van der Waals surface area contributed by atoms with Crippen molar-refractivity contribution in [3.05, 3.63) is 69.8 Å². The summed E-state index contributed by atoms with van der Waals surface area (Å²) in [5.41, 5.74) is 2.75. The highest BCUT2D eigenvalue weighted by Gasteiger charge is 2.41. The number of hydrogen-bond acceptors (Lipinski definition) is 4. The van der Waals surface area contributed by atoms with Gasteiger partial charge in [0, 0.05) is 12.1 Å². The second-order valence-electron chi connectivity index (χ2n) is 8.65. The summed E-state index contributed by atoms with van der Waals surface area (Å²) in [7, 11) is 0. The number of benzene rings is 2. The van der Waals surface area contributed by atoms with Crippen LogP contribution in [0.5, 0.6) is 5.75 Å². The lowest BCUT2D eigenvalue weighted by Crippen LogP contribution is -2.52. The second-order valence-corrected chi connectivity index (χ2v) is 9.02. The summed E-state index contributed by atoms with van der Waals surface area (Å²) in [6, 6.07) is 8.87. The molecule has 4 rings (SSSR count). The minimum absolute atomic E-state index is 0.0789. The smallest absolute Gasteiger partial charge is 0.333 e. The van der Waals surface area contributed by atoms with Gasteiger partial charge in [-0.2, -0.15) is 0 Å². The Morgan fingerprint density at radius 3 is 2.44 bits per heavy atom. The normalized spacial score (nSPS) is 21.9. The number of ether oxygens (including phenoxy) is 1. The number of aryl methyl sites for hydroxylation is 1. The van der Waals surface area contributed by atoms with Crippen LogP contribution in [0.4, 0.5) is 8.78 Å². The summed E-state index contributed by atoms with van der Waals surface area (Å²) in [5.74, 6) is -4.25. The van der Waals surface area contributed by atoms with Crippen LogP contribution in [0.15, 0.2) is 42.0 Å². The number of carboxylic acid groups (broad SMARTS) is 2. The van der Waals surface area contributed by atoms with Crippen molar-refractivity contribution in [2.24, 2.45) is 5.92 Å². The molecule has 180 valence electrons. The van der Waals surface area contributed by atoms with Crippen molar-refractivity contribution in [1.82, 2.24) is 5.32 Å². The first-order valence-electron chi connectivity index (χ1n) is 11.1. The zero-order chi connectivity index (χ0) is 24.4. The quantitative estimate of drug-likeness (QED) is 0.366. The molecule has 0 saturated carbocycles. The maximum Gasteiger partial charge on any atom is 0.333 e. The molecule has 2 heterocycles. The van der Waals surface area contributed by atoms with Crippen LogP contribution in [0.3, 0.4) is 0 Å². The van der Waals surface area contributed by atoms with Gasteiger partial charge in [-0.15, -0.1) is 0 Å². The fourth-order valence-electron chi connectivity index (χ4n) is 4.77. The molecule has 6 nitrogen and oxygen atoms in total. The van der Waals surface area contributed by atoms with Gasteiger partial charge in [-0.25, -0.2) is 13.6 Å². The average molecular weight is 492 g/mol. The van der Waals surface area contributed by atoms with Crippen molar-refractivity contribution >= 4 is 29.1 Å². The molecule has 3 atom stereocenters. The van der Waals surface area contributed by atoms with E-state index in [2.05, 4.69) is 5.32 Å². The molecular weight excluding hydrogens is 468 g/mol. The van der Waals surface area contributed by atoms with Crippen molar-refractivity contribution < 1.29 is 33.3 Å². The SMILES string of the molecule is O=C(O)C1=C(c2ccc(CCCOc3c(F)ccc(F)c3Cl)cc2)C[C@@H]2C[C@@H](C(=O)O)C[C@H]1N2. The van der Waals surface area contributed by atoms with Crippen molar-refractivity contribution in [2.75, 3.05) is 6.61 Å². The topological polar surface area (TPSA) is 95.9 Å². The molecule has 34 heavy (non-hydrogen) atoms. The zero-order valence-electron chi connectivity index (χ0n) is 18.2. The molecule has 3 N–H and O–H groups in total. The summed E-state index contributed by atoms with van der Waals surface area (Å²) < 4.78 is 32.6. The number of fused-ring (bicyclic) bond motifs is 2. The van der Waals surface area contributed by atoms with Crippen LogP contribution in [-0.4, -0.2) is 40.8 Å². The monoisotopic (exact) mass is 491 g/mol. The summed E-state index contributed by atoms with van der Waals surface area (Å²) in [6.07, 6.45) is 2.34. The van der Waals surface area contributed by atoms with E-state index in [1.54, 1.807) is 0 Å². The van der Waals surface area contributed by atoms with E-state index in [-0.39, 0.29) is 35.4 Å². The zero-order valence-corrected chi connectivity index (χ0v) is 18.9. The van der Waals surface area contributed by atoms with Crippen molar-refractivity contribution in [3.8, 4) is 5.75 Å². The van der Waals surface area contributed by atoms with Gasteiger partial charge in [0.1, 0.15) is 10.8 Å². The van der Waals surface area contributed by atoms with Gasteiger partial charge in [-0.1, -0.05) is 35.9 Å². The predicted octanol–water partition coefficient (Wildman–Crippen LogP) is 4.69. The van der Waals surface area contributed by atoms with Gasteiger partial charge >= 0.3 is 11.9 Å². The van der Waals surface area contributed by atoms with Crippen molar-refractivity contribution in [2.45, 2.75) is 44.2 Å². The molecule has 0 spiro atoms. The fourth-order valence-corrected chi connectivity index (χ4v) is 4.98. The molecule has 2 aliphatic heterocycles. The molecule has 0 aromatic heterocycles. The van der Waals surface area contributed by atoms with Gasteiger partial charge in [0.05, 0.1) is 18.1 Å². The van der Waals surface area contributed by atoms with Gasteiger partial charge in [0.15, 0.2) is 11.6 Å². The molecule has 0 aliphatic carbocycles. The van der Waals surface area contributed by atoms with Crippen LogP contribution < -0.4 is 10.1 Å². The molecule has 1 fully saturated rings. The second kappa shape index (κ2) is 10.1. The largest absolute Gasteiger partial charge is 0.489 e. The first kappa shape index (κ1) is 24.2. The molecule has 2 aromatic carbocycles. The summed E-state index contributed by atoms with van der Waals surface area (Å²) >= 11 is 5.76. The van der Waals surface area contributed by atoms with Gasteiger partial charge in [-0.3, -0.25) is 4.79 Å². The van der Waals surface area contributed by atoms with E-state index in [1.807, 2.05) is 24.3 Å². The highest BCUT2D eigenvalue weighted by atomic mass is 35.5. The number of hydrogen-bond donors (Lipinski definition) is 3. The Bertz CT molecular complexity index is 1130. The lowest BCUT2D eigenvalue weighted by molar-refractivity contribution is -0.144. The first-order chi connectivity index (χ1) is 16.2. The van der Waals surface area contributed by atoms with Crippen LogP contribution in [0.25, 0.3) is 5.57 Å². The third-order valence-electron chi connectivity index (χ3n) is 6.39. The van der Waals surface area contributed by atoms with Crippen LogP contribution in [0, 0.1) is 17.6 Å². The van der Waals surface area contributed by atoms with E-state index in [4.69, 9.17) is 16.3 Å². The summed E-state index contributed by atoms with van der Waals surface area (Å²) in [4.78, 5) is 23.5. The molecule has 2 aliphatic rings. The highest BCUT2D eigenvalue weighted by Crippen LogP contribution is 2.38. The minimum atomic E-state index is -1.04. The Morgan fingerprint density at radius 2 is 1.76 bits per heavy atom. The van der Waals surface area contributed by atoms with E-state index in [0.717, 1.165) is 28.8 Å². The number of piperidine rings is 1. The van der Waals surface area contributed by atoms with Crippen LogP contribution >= 0.6 is 11.6 Å². The minimum Gasteiger partial charge on any atom is -0.489 e. The number of carbonyl (C=O) groups is 2. The maximum atomic E-state index is 13.8. The molecule has 0 unspecified atom stereocenters.